The van der Waals surface area contributed by atoms with Crippen molar-refractivity contribution in [2.45, 2.75) is 20.4 Å². The van der Waals surface area contributed by atoms with E-state index in [1.165, 1.54) is 0 Å². The summed E-state index contributed by atoms with van der Waals surface area (Å²) in [5.74, 6) is 1.95. The molecule has 0 bridgehead atoms. The van der Waals surface area contributed by atoms with E-state index in [4.69, 9.17) is 0 Å². The number of anilines is 1. The van der Waals surface area contributed by atoms with Gasteiger partial charge >= 0.3 is 0 Å². The van der Waals surface area contributed by atoms with Crippen molar-refractivity contribution < 1.29 is 8.42 Å². The third-order valence-corrected chi connectivity index (χ3v) is 4.93. The maximum atomic E-state index is 11.4. The molecule has 1 aliphatic rings. The van der Waals surface area contributed by atoms with Gasteiger partial charge in [-0.3, -0.25) is 0 Å². The minimum Gasteiger partial charge on any atom is -0.355 e. The fourth-order valence-corrected chi connectivity index (χ4v) is 3.37. The highest BCUT2D eigenvalue weighted by Gasteiger charge is 2.22. The molecule has 0 radical (unpaired) electrons. The summed E-state index contributed by atoms with van der Waals surface area (Å²) in [4.78, 5) is 6.66. The van der Waals surface area contributed by atoms with Gasteiger partial charge in [0, 0.05) is 19.6 Å². The quantitative estimate of drug-likeness (QED) is 0.880. The Kier molecular flexibility index (Phi) is 4.99. The normalized spacial score (nSPS) is 18.4. The minimum absolute atomic E-state index is 0.227. The summed E-state index contributed by atoms with van der Waals surface area (Å²) < 4.78 is 22.9. The Morgan fingerprint density at radius 3 is 2.65 bits per heavy atom. The maximum absolute atomic E-state index is 11.4. The molecule has 6 heteroatoms. The zero-order valence-corrected chi connectivity index (χ0v) is 13.0. The zero-order valence-electron chi connectivity index (χ0n) is 12.2. The summed E-state index contributed by atoms with van der Waals surface area (Å²) >= 11 is 0. The van der Waals surface area contributed by atoms with Crippen LogP contribution in [0.4, 0.5) is 5.82 Å². The standard InChI is InChI=1S/C14H23N3O2S/c1-12(2)10-15-11-13-4-3-5-14(16-13)17-6-8-20(18,19)9-7-17/h3-5,12,15H,6-11H2,1-2H3. The first kappa shape index (κ1) is 15.3. The van der Waals surface area contributed by atoms with E-state index in [1.807, 2.05) is 23.1 Å². The minimum atomic E-state index is -2.84. The molecule has 0 atom stereocenters. The van der Waals surface area contributed by atoms with E-state index in [9.17, 15) is 8.42 Å². The molecule has 1 N–H and O–H groups in total. The molecule has 2 heterocycles. The van der Waals surface area contributed by atoms with E-state index < -0.39 is 9.84 Å². The average molecular weight is 297 g/mol. The van der Waals surface area contributed by atoms with Gasteiger partial charge in [-0.1, -0.05) is 19.9 Å². The van der Waals surface area contributed by atoms with E-state index in [2.05, 4.69) is 24.1 Å². The van der Waals surface area contributed by atoms with Crippen LogP contribution < -0.4 is 10.2 Å². The Labute approximate surface area is 121 Å². The smallest absolute Gasteiger partial charge is 0.153 e. The van der Waals surface area contributed by atoms with Crippen molar-refractivity contribution in [1.82, 2.24) is 10.3 Å². The lowest BCUT2D eigenvalue weighted by Crippen LogP contribution is -2.40. The van der Waals surface area contributed by atoms with Crippen LogP contribution in [-0.2, 0) is 16.4 Å². The second-order valence-corrected chi connectivity index (χ2v) is 7.95. The molecule has 1 aromatic rings. The average Bonchev–Trinajstić information content (AvgIpc) is 2.38. The van der Waals surface area contributed by atoms with Gasteiger partial charge in [0.25, 0.3) is 0 Å². The third-order valence-electron chi connectivity index (χ3n) is 3.32. The van der Waals surface area contributed by atoms with Gasteiger partial charge in [-0.15, -0.1) is 0 Å². The van der Waals surface area contributed by atoms with Gasteiger partial charge in [0.05, 0.1) is 17.2 Å². The SMILES string of the molecule is CC(C)CNCc1cccc(N2CCS(=O)(=O)CC2)n1. The number of rotatable bonds is 5. The molecule has 0 unspecified atom stereocenters. The molecule has 1 saturated heterocycles. The predicted molar refractivity (Wildman–Crippen MR) is 81.6 cm³/mol. The van der Waals surface area contributed by atoms with Crippen LogP contribution in [0.5, 0.6) is 0 Å². The summed E-state index contributed by atoms with van der Waals surface area (Å²) in [5.41, 5.74) is 0.997. The van der Waals surface area contributed by atoms with Crippen molar-refractivity contribution in [3.05, 3.63) is 23.9 Å². The summed E-state index contributed by atoms with van der Waals surface area (Å²) in [6, 6.07) is 5.93. The number of aromatic nitrogens is 1. The lowest BCUT2D eigenvalue weighted by Gasteiger charge is -2.28. The summed E-state index contributed by atoms with van der Waals surface area (Å²) in [7, 11) is -2.84. The molecule has 1 aromatic heterocycles. The van der Waals surface area contributed by atoms with E-state index in [-0.39, 0.29) is 11.5 Å². The third kappa shape index (κ3) is 4.45. The highest BCUT2D eigenvalue weighted by atomic mass is 32.2. The Morgan fingerprint density at radius 2 is 2.00 bits per heavy atom. The highest BCUT2D eigenvalue weighted by Crippen LogP contribution is 2.15. The first-order valence-corrected chi connectivity index (χ1v) is 8.90. The van der Waals surface area contributed by atoms with Crippen molar-refractivity contribution in [3.8, 4) is 0 Å². The molecule has 112 valence electrons. The molecule has 0 spiro atoms. The van der Waals surface area contributed by atoms with Crippen molar-refractivity contribution in [2.24, 2.45) is 5.92 Å². The number of hydrogen-bond donors (Lipinski definition) is 1. The topological polar surface area (TPSA) is 62.3 Å². The second kappa shape index (κ2) is 6.54. The molecule has 0 amide bonds. The van der Waals surface area contributed by atoms with Crippen LogP contribution in [-0.4, -0.2) is 44.5 Å². The Bertz CT molecular complexity index is 529. The van der Waals surface area contributed by atoms with Gasteiger partial charge in [-0.05, 0) is 24.6 Å². The fourth-order valence-electron chi connectivity index (χ4n) is 2.17. The molecule has 0 aromatic carbocycles. The van der Waals surface area contributed by atoms with E-state index in [0.29, 0.717) is 19.0 Å². The molecule has 0 aliphatic carbocycles. The van der Waals surface area contributed by atoms with Gasteiger partial charge in [0.15, 0.2) is 9.84 Å². The van der Waals surface area contributed by atoms with Gasteiger partial charge in [-0.25, -0.2) is 13.4 Å². The Morgan fingerprint density at radius 1 is 1.30 bits per heavy atom. The second-order valence-electron chi connectivity index (χ2n) is 5.65. The first-order valence-electron chi connectivity index (χ1n) is 7.08. The van der Waals surface area contributed by atoms with Gasteiger partial charge in [0.2, 0.25) is 0 Å². The van der Waals surface area contributed by atoms with Crippen LogP contribution in [0.2, 0.25) is 0 Å². The van der Waals surface area contributed by atoms with Crippen LogP contribution >= 0.6 is 0 Å². The van der Waals surface area contributed by atoms with E-state index >= 15 is 0 Å². The van der Waals surface area contributed by atoms with Gasteiger partial charge < -0.3 is 10.2 Å². The molecule has 0 saturated carbocycles. The number of hydrogen-bond acceptors (Lipinski definition) is 5. The van der Waals surface area contributed by atoms with Crippen LogP contribution in [0.3, 0.4) is 0 Å². The van der Waals surface area contributed by atoms with Crippen molar-refractivity contribution >= 4 is 15.7 Å². The van der Waals surface area contributed by atoms with E-state index in [1.54, 1.807) is 0 Å². The largest absolute Gasteiger partial charge is 0.355 e. The summed E-state index contributed by atoms with van der Waals surface area (Å²) in [6.45, 7) is 7.14. The Hall–Kier alpha value is -1.14. The molecular formula is C14H23N3O2S. The van der Waals surface area contributed by atoms with Crippen LogP contribution in [0.15, 0.2) is 18.2 Å². The summed E-state index contributed by atoms with van der Waals surface area (Å²) in [6.07, 6.45) is 0. The predicted octanol–water partition coefficient (Wildman–Crippen LogP) is 1.06. The number of nitrogens with one attached hydrogen (secondary N) is 1. The molecule has 2 rings (SSSR count). The van der Waals surface area contributed by atoms with Crippen LogP contribution in [0.1, 0.15) is 19.5 Å². The van der Waals surface area contributed by atoms with Crippen molar-refractivity contribution in [1.29, 1.82) is 0 Å². The monoisotopic (exact) mass is 297 g/mol. The van der Waals surface area contributed by atoms with Crippen molar-refractivity contribution in [2.75, 3.05) is 36.0 Å². The van der Waals surface area contributed by atoms with Crippen LogP contribution in [0.25, 0.3) is 0 Å². The van der Waals surface area contributed by atoms with E-state index in [0.717, 1.165) is 24.6 Å². The first-order chi connectivity index (χ1) is 9.46. The van der Waals surface area contributed by atoms with Crippen LogP contribution in [0, 0.1) is 5.92 Å². The van der Waals surface area contributed by atoms with Gasteiger partial charge in [0.1, 0.15) is 5.82 Å². The number of pyridine rings is 1. The maximum Gasteiger partial charge on any atom is 0.153 e. The fraction of sp³-hybridized carbons (Fsp3) is 0.643. The van der Waals surface area contributed by atoms with Gasteiger partial charge in [-0.2, -0.15) is 0 Å². The molecule has 1 aliphatic heterocycles. The Balaban J connectivity index is 1.96. The summed E-state index contributed by atoms with van der Waals surface area (Å²) in [5, 5.41) is 3.37. The molecule has 1 fully saturated rings. The molecular weight excluding hydrogens is 274 g/mol. The lowest BCUT2D eigenvalue weighted by molar-refractivity contribution is 0.548. The zero-order chi connectivity index (χ0) is 14.6. The lowest BCUT2D eigenvalue weighted by atomic mass is 10.2. The highest BCUT2D eigenvalue weighted by molar-refractivity contribution is 7.91. The number of nitrogens with zero attached hydrogens (tertiary/aromatic N) is 2. The number of sulfone groups is 1. The molecule has 20 heavy (non-hydrogen) atoms. The van der Waals surface area contributed by atoms with Crippen molar-refractivity contribution in [3.63, 3.8) is 0 Å². The molecule has 5 nitrogen and oxygen atoms in total.